The van der Waals surface area contributed by atoms with Crippen LogP contribution in [0.3, 0.4) is 0 Å². The fourth-order valence-corrected chi connectivity index (χ4v) is 2.50. The number of hydrogen-bond acceptors (Lipinski definition) is 4. The third-order valence-electron chi connectivity index (χ3n) is 3.61. The topological polar surface area (TPSA) is 74.1 Å². The normalized spacial score (nSPS) is 12.5. The lowest BCUT2D eigenvalue weighted by molar-refractivity contribution is 0.174. The summed E-state index contributed by atoms with van der Waals surface area (Å²) in [4.78, 5) is 0. The van der Waals surface area contributed by atoms with Gasteiger partial charge in [-0.15, -0.1) is 0 Å². The van der Waals surface area contributed by atoms with Crippen molar-refractivity contribution in [2.24, 2.45) is 0 Å². The van der Waals surface area contributed by atoms with E-state index >= 15 is 0 Å². The monoisotopic (exact) mass is 331 g/mol. The van der Waals surface area contributed by atoms with Crippen molar-refractivity contribution >= 4 is 11.6 Å². The lowest BCUT2D eigenvalue weighted by Gasteiger charge is -2.12. The van der Waals surface area contributed by atoms with E-state index in [2.05, 4.69) is 15.5 Å². The number of furan rings is 1. The quantitative estimate of drug-likeness (QED) is 0.646. The Morgan fingerprint density at radius 1 is 1.26 bits per heavy atom. The van der Waals surface area contributed by atoms with Crippen LogP contribution >= 0.6 is 11.6 Å². The lowest BCUT2D eigenvalue weighted by atomic mass is 10.1. The number of aromatic amines is 1. The lowest BCUT2D eigenvalue weighted by Crippen LogP contribution is -2.21. The van der Waals surface area contributed by atoms with Crippen molar-refractivity contribution in [3.8, 4) is 11.5 Å². The molecule has 0 spiro atoms. The van der Waals surface area contributed by atoms with E-state index in [0.717, 1.165) is 28.3 Å². The van der Waals surface area contributed by atoms with Crippen molar-refractivity contribution in [2.75, 3.05) is 6.54 Å². The van der Waals surface area contributed by atoms with Gasteiger partial charge >= 0.3 is 0 Å². The van der Waals surface area contributed by atoms with Crippen LogP contribution in [0, 0.1) is 6.92 Å². The summed E-state index contributed by atoms with van der Waals surface area (Å²) in [6.45, 7) is 2.92. The molecule has 3 N–H and O–H groups in total. The number of halogens is 1. The minimum absolute atomic E-state index is 0.434. The minimum Gasteiger partial charge on any atom is -0.460 e. The van der Waals surface area contributed by atoms with Gasteiger partial charge in [0.25, 0.3) is 0 Å². The first-order valence-electron chi connectivity index (χ1n) is 7.37. The van der Waals surface area contributed by atoms with E-state index in [9.17, 15) is 5.11 Å². The van der Waals surface area contributed by atoms with E-state index in [1.165, 1.54) is 0 Å². The van der Waals surface area contributed by atoms with Crippen LogP contribution in [0.15, 0.2) is 47.0 Å². The highest BCUT2D eigenvalue weighted by Gasteiger charge is 2.12. The second kappa shape index (κ2) is 7.00. The van der Waals surface area contributed by atoms with E-state index in [-0.39, 0.29) is 0 Å². The molecule has 0 saturated carbocycles. The first-order valence-corrected chi connectivity index (χ1v) is 7.74. The summed E-state index contributed by atoms with van der Waals surface area (Å²) < 4.78 is 5.62. The molecule has 2 aromatic heterocycles. The predicted molar refractivity (Wildman–Crippen MR) is 89.1 cm³/mol. The number of aliphatic hydroxyl groups is 1. The molecule has 3 rings (SSSR count). The fourth-order valence-electron chi connectivity index (χ4n) is 2.37. The molecule has 0 fully saturated rings. The number of aryl methyl sites for hydroxylation is 1. The summed E-state index contributed by atoms with van der Waals surface area (Å²) in [5.41, 5.74) is 2.67. The Kier molecular flexibility index (Phi) is 4.81. The average Bonchev–Trinajstić information content (AvgIpc) is 3.16. The van der Waals surface area contributed by atoms with Crippen molar-refractivity contribution in [1.82, 2.24) is 15.5 Å². The molecule has 1 aromatic carbocycles. The molecular formula is C17H18ClN3O2. The molecule has 0 amide bonds. The molecule has 5 nitrogen and oxygen atoms in total. The maximum absolute atomic E-state index is 10.2. The Hall–Kier alpha value is -2.08. The van der Waals surface area contributed by atoms with Crippen LogP contribution < -0.4 is 5.32 Å². The van der Waals surface area contributed by atoms with Gasteiger partial charge in [-0.05, 0) is 36.8 Å². The molecule has 0 aliphatic heterocycles. The van der Waals surface area contributed by atoms with Crippen LogP contribution in [0.4, 0.5) is 0 Å². The van der Waals surface area contributed by atoms with Crippen LogP contribution in [-0.4, -0.2) is 21.8 Å². The molecule has 23 heavy (non-hydrogen) atoms. The number of aliphatic hydroxyl groups excluding tert-OH is 1. The van der Waals surface area contributed by atoms with Gasteiger partial charge in [-0.25, -0.2) is 0 Å². The maximum Gasteiger partial charge on any atom is 0.152 e. The van der Waals surface area contributed by atoms with E-state index in [1.54, 1.807) is 18.3 Å². The molecule has 0 saturated heterocycles. The predicted octanol–water partition coefficient (Wildman–Crippen LogP) is 3.45. The Balaban J connectivity index is 1.59. The first kappa shape index (κ1) is 15.8. The minimum atomic E-state index is -0.589. The first-order chi connectivity index (χ1) is 11.1. The summed E-state index contributed by atoms with van der Waals surface area (Å²) in [6, 6.07) is 11.0. The molecular weight excluding hydrogens is 314 g/mol. The zero-order valence-corrected chi connectivity index (χ0v) is 13.5. The SMILES string of the molecule is Cc1ccc(-c2[nH]ncc2CNCC(O)c2ccc(Cl)cc2)o1. The smallest absolute Gasteiger partial charge is 0.152 e. The fraction of sp³-hybridized carbons (Fsp3) is 0.235. The van der Waals surface area contributed by atoms with Crippen molar-refractivity contribution in [1.29, 1.82) is 0 Å². The Bertz CT molecular complexity index is 764. The number of H-pyrrole nitrogens is 1. The van der Waals surface area contributed by atoms with Crippen molar-refractivity contribution in [3.05, 3.63) is 64.5 Å². The van der Waals surface area contributed by atoms with Crippen molar-refractivity contribution in [3.63, 3.8) is 0 Å². The zero-order chi connectivity index (χ0) is 16.2. The highest BCUT2D eigenvalue weighted by atomic mass is 35.5. The second-order valence-electron chi connectivity index (χ2n) is 5.38. The van der Waals surface area contributed by atoms with Gasteiger partial charge in [0.05, 0.1) is 12.3 Å². The van der Waals surface area contributed by atoms with Gasteiger partial charge in [-0.2, -0.15) is 5.10 Å². The third-order valence-corrected chi connectivity index (χ3v) is 3.86. The van der Waals surface area contributed by atoms with Gasteiger partial charge in [0, 0.05) is 23.7 Å². The standard InChI is InChI=1S/C17H18ClN3O2/c1-11-2-7-16(23-11)17-13(9-20-21-17)8-19-10-15(22)12-3-5-14(18)6-4-12/h2-7,9,15,19,22H,8,10H2,1H3,(H,20,21). The number of rotatable bonds is 6. The molecule has 1 unspecified atom stereocenters. The van der Waals surface area contributed by atoms with Gasteiger partial charge in [-0.1, -0.05) is 23.7 Å². The molecule has 120 valence electrons. The number of hydrogen-bond donors (Lipinski definition) is 3. The van der Waals surface area contributed by atoms with Gasteiger partial charge < -0.3 is 14.8 Å². The largest absolute Gasteiger partial charge is 0.460 e. The van der Waals surface area contributed by atoms with Crippen LogP contribution in [0.2, 0.25) is 5.02 Å². The van der Waals surface area contributed by atoms with Crippen LogP contribution in [0.25, 0.3) is 11.5 Å². The Morgan fingerprint density at radius 3 is 2.74 bits per heavy atom. The average molecular weight is 332 g/mol. The molecule has 0 aliphatic carbocycles. The summed E-state index contributed by atoms with van der Waals surface area (Å²) >= 11 is 5.85. The van der Waals surface area contributed by atoms with E-state index in [4.69, 9.17) is 16.0 Å². The second-order valence-corrected chi connectivity index (χ2v) is 5.82. The van der Waals surface area contributed by atoms with Gasteiger partial charge in [0.15, 0.2) is 5.76 Å². The van der Waals surface area contributed by atoms with Crippen LogP contribution in [0.5, 0.6) is 0 Å². The Labute approximate surface area is 139 Å². The number of aromatic nitrogens is 2. The maximum atomic E-state index is 10.2. The molecule has 3 aromatic rings. The van der Waals surface area contributed by atoms with E-state index in [1.807, 2.05) is 31.2 Å². The number of nitrogens with one attached hydrogen (secondary N) is 2. The summed E-state index contributed by atoms with van der Waals surface area (Å²) in [5, 5.41) is 21.1. The zero-order valence-electron chi connectivity index (χ0n) is 12.7. The molecule has 0 bridgehead atoms. The molecule has 0 aliphatic rings. The van der Waals surface area contributed by atoms with E-state index < -0.39 is 6.10 Å². The summed E-state index contributed by atoms with van der Waals surface area (Å²) in [7, 11) is 0. The number of benzene rings is 1. The molecule has 1 atom stereocenters. The van der Waals surface area contributed by atoms with Crippen LogP contribution in [0.1, 0.15) is 23.0 Å². The molecule has 6 heteroatoms. The highest BCUT2D eigenvalue weighted by molar-refractivity contribution is 6.30. The van der Waals surface area contributed by atoms with Gasteiger partial charge in [-0.3, -0.25) is 5.10 Å². The van der Waals surface area contributed by atoms with Crippen LogP contribution in [-0.2, 0) is 6.54 Å². The molecule has 0 radical (unpaired) electrons. The molecule has 2 heterocycles. The van der Waals surface area contributed by atoms with Crippen molar-refractivity contribution in [2.45, 2.75) is 19.6 Å². The summed E-state index contributed by atoms with van der Waals surface area (Å²) in [5.74, 6) is 1.61. The Morgan fingerprint density at radius 2 is 2.04 bits per heavy atom. The van der Waals surface area contributed by atoms with E-state index in [0.29, 0.717) is 18.1 Å². The highest BCUT2D eigenvalue weighted by Crippen LogP contribution is 2.23. The van der Waals surface area contributed by atoms with Gasteiger partial charge in [0.2, 0.25) is 0 Å². The number of nitrogens with zero attached hydrogens (tertiary/aromatic N) is 1. The van der Waals surface area contributed by atoms with Gasteiger partial charge in [0.1, 0.15) is 11.5 Å². The third kappa shape index (κ3) is 3.82. The van der Waals surface area contributed by atoms with Crippen molar-refractivity contribution < 1.29 is 9.52 Å². The summed E-state index contributed by atoms with van der Waals surface area (Å²) in [6.07, 6.45) is 1.17.